The minimum atomic E-state index is 0.161. The van der Waals surface area contributed by atoms with Crippen molar-refractivity contribution in [3.8, 4) is 0 Å². The summed E-state index contributed by atoms with van der Waals surface area (Å²) in [4.78, 5) is 15.9. The Labute approximate surface area is 95.5 Å². The van der Waals surface area contributed by atoms with Crippen molar-refractivity contribution in [2.75, 3.05) is 0 Å². The van der Waals surface area contributed by atoms with Crippen LogP contribution >= 0.6 is 0 Å². The Morgan fingerprint density at radius 2 is 1.88 bits per heavy atom. The number of hydrogen-bond donors (Lipinski definition) is 0. The standard InChI is InChI=1S/C14H15NO/c1-2-14(16)13-7-11-9-5-3-4-6-10(9)12(11)8-15-13/h3-12H,2H2,1H3/t9?,10?,11?,12-/m1/s1. The van der Waals surface area contributed by atoms with Gasteiger partial charge in [-0.15, -0.1) is 0 Å². The van der Waals surface area contributed by atoms with Gasteiger partial charge in [-0.2, -0.15) is 0 Å². The molecule has 2 aliphatic carbocycles. The zero-order valence-corrected chi connectivity index (χ0v) is 9.34. The average molecular weight is 213 g/mol. The lowest BCUT2D eigenvalue weighted by molar-refractivity contribution is -0.115. The van der Waals surface area contributed by atoms with E-state index in [1.807, 2.05) is 13.1 Å². The molecule has 16 heavy (non-hydrogen) atoms. The van der Waals surface area contributed by atoms with Crippen LogP contribution in [0.3, 0.4) is 0 Å². The fraction of sp³-hybridized carbons (Fsp3) is 0.429. The third kappa shape index (κ3) is 1.26. The number of aliphatic imine (C=N–C) groups is 1. The maximum Gasteiger partial charge on any atom is 0.180 e. The van der Waals surface area contributed by atoms with Gasteiger partial charge in [-0.25, -0.2) is 0 Å². The van der Waals surface area contributed by atoms with E-state index in [2.05, 4.69) is 35.4 Å². The van der Waals surface area contributed by atoms with Crippen LogP contribution in [0.1, 0.15) is 13.3 Å². The second-order valence-corrected chi connectivity index (χ2v) is 4.69. The summed E-state index contributed by atoms with van der Waals surface area (Å²) < 4.78 is 0. The number of nitrogens with zero attached hydrogens (tertiary/aromatic N) is 1. The molecule has 1 aliphatic heterocycles. The van der Waals surface area contributed by atoms with E-state index >= 15 is 0 Å². The maximum atomic E-state index is 11.6. The van der Waals surface area contributed by atoms with Crippen LogP contribution in [-0.4, -0.2) is 12.0 Å². The first-order chi connectivity index (χ1) is 7.81. The van der Waals surface area contributed by atoms with Gasteiger partial charge >= 0.3 is 0 Å². The van der Waals surface area contributed by atoms with E-state index in [9.17, 15) is 4.79 Å². The number of fused-ring (bicyclic) bond motifs is 4. The quantitative estimate of drug-likeness (QED) is 0.693. The summed E-state index contributed by atoms with van der Waals surface area (Å²) in [5, 5.41) is 0. The molecule has 1 fully saturated rings. The number of carbonyl (C=O) groups excluding carboxylic acids is 1. The first-order valence-electron chi connectivity index (χ1n) is 5.95. The molecule has 82 valence electrons. The lowest BCUT2D eigenvalue weighted by Crippen LogP contribution is -2.47. The van der Waals surface area contributed by atoms with Gasteiger partial charge in [-0.3, -0.25) is 9.79 Å². The summed E-state index contributed by atoms with van der Waals surface area (Å²) in [6.07, 6.45) is 13.4. The highest BCUT2D eigenvalue weighted by Gasteiger charge is 2.47. The molecule has 3 unspecified atom stereocenters. The van der Waals surface area contributed by atoms with Crippen LogP contribution < -0.4 is 0 Å². The topological polar surface area (TPSA) is 29.4 Å². The number of rotatable bonds is 2. The highest BCUT2D eigenvalue weighted by Crippen LogP contribution is 2.50. The number of Topliss-reactive ketones (excluding diaryl/α,β-unsaturated/α-hetero) is 1. The van der Waals surface area contributed by atoms with Crippen LogP contribution in [0, 0.1) is 23.7 Å². The minimum absolute atomic E-state index is 0.161. The molecule has 2 heteroatoms. The van der Waals surface area contributed by atoms with E-state index < -0.39 is 0 Å². The SMILES string of the molecule is CCC(=O)C1=CC2C3C=CC=CC3[C@H]2C=N1. The predicted molar refractivity (Wildman–Crippen MR) is 64.1 cm³/mol. The predicted octanol–water partition coefficient (Wildman–Crippen LogP) is 2.54. The first kappa shape index (κ1) is 9.76. The largest absolute Gasteiger partial charge is 0.292 e. The second-order valence-electron chi connectivity index (χ2n) is 4.69. The fourth-order valence-electron chi connectivity index (χ4n) is 2.94. The monoisotopic (exact) mass is 213 g/mol. The molecule has 0 aromatic heterocycles. The normalized spacial score (nSPS) is 38.4. The number of ketones is 1. The molecule has 3 rings (SSSR count). The Morgan fingerprint density at radius 1 is 1.19 bits per heavy atom. The molecule has 0 aromatic rings. The molecule has 0 aromatic carbocycles. The van der Waals surface area contributed by atoms with Crippen LogP contribution in [0.15, 0.2) is 41.1 Å². The van der Waals surface area contributed by atoms with Crippen molar-refractivity contribution in [3.63, 3.8) is 0 Å². The molecule has 0 amide bonds. The molecule has 4 atom stereocenters. The molecule has 2 nitrogen and oxygen atoms in total. The summed E-state index contributed by atoms with van der Waals surface area (Å²) in [7, 11) is 0. The van der Waals surface area contributed by atoms with Gasteiger partial charge < -0.3 is 0 Å². The molecular formula is C14H15NO. The van der Waals surface area contributed by atoms with E-state index in [-0.39, 0.29) is 5.78 Å². The molecule has 0 radical (unpaired) electrons. The van der Waals surface area contributed by atoms with Crippen molar-refractivity contribution in [2.24, 2.45) is 28.7 Å². The van der Waals surface area contributed by atoms with E-state index in [0.29, 0.717) is 35.8 Å². The van der Waals surface area contributed by atoms with E-state index in [4.69, 9.17) is 0 Å². The molecular weight excluding hydrogens is 198 g/mol. The Kier molecular flexibility index (Phi) is 2.16. The van der Waals surface area contributed by atoms with Crippen molar-refractivity contribution < 1.29 is 4.79 Å². The summed E-state index contributed by atoms with van der Waals surface area (Å²) in [5.41, 5.74) is 0.671. The third-order valence-electron chi connectivity index (χ3n) is 3.90. The van der Waals surface area contributed by atoms with Gasteiger partial charge in [0.1, 0.15) is 5.70 Å². The van der Waals surface area contributed by atoms with Gasteiger partial charge in [0.25, 0.3) is 0 Å². The van der Waals surface area contributed by atoms with Crippen molar-refractivity contribution >= 4 is 12.0 Å². The van der Waals surface area contributed by atoms with Crippen LogP contribution in [0.5, 0.6) is 0 Å². The summed E-state index contributed by atoms with van der Waals surface area (Å²) >= 11 is 0. The van der Waals surface area contributed by atoms with Crippen LogP contribution in [0.25, 0.3) is 0 Å². The molecule has 0 N–H and O–H groups in total. The van der Waals surface area contributed by atoms with Gasteiger partial charge in [0, 0.05) is 18.6 Å². The molecule has 0 bridgehead atoms. The summed E-state index contributed by atoms with van der Waals surface area (Å²) in [6, 6.07) is 0. The zero-order valence-electron chi connectivity index (χ0n) is 9.34. The van der Waals surface area contributed by atoms with Crippen molar-refractivity contribution in [3.05, 3.63) is 36.1 Å². The Hall–Kier alpha value is -1.44. The van der Waals surface area contributed by atoms with Gasteiger partial charge in [0.15, 0.2) is 5.78 Å². The number of hydrogen-bond acceptors (Lipinski definition) is 2. The van der Waals surface area contributed by atoms with Crippen LogP contribution in [-0.2, 0) is 4.79 Å². The lowest BCUT2D eigenvalue weighted by Gasteiger charge is -2.49. The number of allylic oxidation sites excluding steroid dienone is 6. The maximum absolute atomic E-state index is 11.6. The smallest absolute Gasteiger partial charge is 0.180 e. The van der Waals surface area contributed by atoms with Gasteiger partial charge in [0.05, 0.1) is 0 Å². The first-order valence-corrected chi connectivity index (χ1v) is 5.95. The van der Waals surface area contributed by atoms with E-state index in [1.54, 1.807) is 0 Å². The van der Waals surface area contributed by atoms with E-state index in [0.717, 1.165) is 0 Å². The van der Waals surface area contributed by atoms with Crippen molar-refractivity contribution in [1.82, 2.24) is 0 Å². The number of carbonyl (C=O) groups is 1. The van der Waals surface area contributed by atoms with Crippen LogP contribution in [0.4, 0.5) is 0 Å². The third-order valence-corrected chi connectivity index (χ3v) is 3.90. The lowest BCUT2D eigenvalue weighted by atomic mass is 9.55. The molecule has 3 aliphatic rings. The molecule has 1 heterocycles. The van der Waals surface area contributed by atoms with Gasteiger partial charge in [-0.1, -0.05) is 37.3 Å². The minimum Gasteiger partial charge on any atom is -0.292 e. The van der Waals surface area contributed by atoms with Crippen molar-refractivity contribution in [1.29, 1.82) is 0 Å². The Balaban J connectivity index is 1.85. The molecule has 0 spiro atoms. The van der Waals surface area contributed by atoms with Crippen LogP contribution in [0.2, 0.25) is 0 Å². The average Bonchev–Trinajstić information content (AvgIpc) is 2.34. The Morgan fingerprint density at radius 3 is 2.56 bits per heavy atom. The highest BCUT2D eigenvalue weighted by molar-refractivity contribution is 5.97. The van der Waals surface area contributed by atoms with E-state index in [1.165, 1.54) is 0 Å². The van der Waals surface area contributed by atoms with Crippen molar-refractivity contribution in [2.45, 2.75) is 13.3 Å². The molecule has 0 saturated heterocycles. The fourth-order valence-corrected chi connectivity index (χ4v) is 2.94. The highest BCUT2D eigenvalue weighted by atomic mass is 16.1. The molecule has 1 saturated carbocycles. The second kappa shape index (κ2) is 3.55. The summed E-state index contributed by atoms with van der Waals surface area (Å²) in [6.45, 7) is 1.89. The zero-order chi connectivity index (χ0) is 11.1. The van der Waals surface area contributed by atoms with Gasteiger partial charge in [-0.05, 0) is 17.8 Å². The Bertz CT molecular complexity index is 436. The van der Waals surface area contributed by atoms with Gasteiger partial charge in [0.2, 0.25) is 0 Å². The summed E-state index contributed by atoms with van der Waals surface area (Å²) in [5.74, 6) is 2.36.